The summed E-state index contributed by atoms with van der Waals surface area (Å²) in [4.78, 5) is 31.8. The maximum absolute atomic E-state index is 13.1. The summed E-state index contributed by atoms with van der Waals surface area (Å²) in [6.07, 6.45) is 2.11. The van der Waals surface area contributed by atoms with Gasteiger partial charge in [0.05, 0.1) is 29.8 Å². The van der Waals surface area contributed by atoms with Crippen molar-refractivity contribution in [2.45, 2.75) is 17.9 Å². The molecule has 1 aromatic carbocycles. The molecule has 4 heterocycles. The molecule has 12 heteroatoms. The van der Waals surface area contributed by atoms with E-state index in [1.165, 1.54) is 38.7 Å². The third-order valence-corrected chi connectivity index (χ3v) is 8.42. The van der Waals surface area contributed by atoms with Crippen molar-refractivity contribution in [3.05, 3.63) is 46.3 Å². The van der Waals surface area contributed by atoms with E-state index in [-0.39, 0.29) is 49.1 Å². The highest BCUT2D eigenvalue weighted by atomic mass is 32.2. The fourth-order valence-electron chi connectivity index (χ4n) is 3.88. The molecular weight excluding hydrogens is 468 g/mol. The fourth-order valence-corrected chi connectivity index (χ4v) is 6.04. The SMILES string of the molecule is O=C(Cn1cnc2sccc2c1=O)N1CCN(S(=O)(=O)c2ccc3c(c2)OCCCO3)CC1. The minimum Gasteiger partial charge on any atom is -0.490 e. The lowest BCUT2D eigenvalue weighted by molar-refractivity contribution is -0.133. The molecule has 0 N–H and O–H groups in total. The van der Waals surface area contributed by atoms with Gasteiger partial charge in [-0.3, -0.25) is 14.2 Å². The lowest BCUT2D eigenvalue weighted by atomic mass is 10.3. The van der Waals surface area contributed by atoms with E-state index in [2.05, 4.69) is 4.98 Å². The van der Waals surface area contributed by atoms with Crippen molar-refractivity contribution in [1.82, 2.24) is 18.8 Å². The summed E-state index contributed by atoms with van der Waals surface area (Å²) in [5.41, 5.74) is -0.259. The van der Waals surface area contributed by atoms with E-state index >= 15 is 0 Å². The van der Waals surface area contributed by atoms with E-state index < -0.39 is 10.0 Å². The predicted molar refractivity (Wildman–Crippen MR) is 121 cm³/mol. The van der Waals surface area contributed by atoms with Crippen LogP contribution in [0.3, 0.4) is 0 Å². The number of rotatable bonds is 4. The van der Waals surface area contributed by atoms with Gasteiger partial charge in [-0.1, -0.05) is 0 Å². The molecule has 0 radical (unpaired) electrons. The van der Waals surface area contributed by atoms with Gasteiger partial charge in [0.1, 0.15) is 11.4 Å². The molecule has 5 rings (SSSR count). The van der Waals surface area contributed by atoms with Crippen molar-refractivity contribution < 1.29 is 22.7 Å². The molecule has 1 saturated heterocycles. The zero-order valence-electron chi connectivity index (χ0n) is 17.7. The number of hydrogen-bond donors (Lipinski definition) is 0. The quantitative estimate of drug-likeness (QED) is 0.539. The van der Waals surface area contributed by atoms with Crippen LogP contribution >= 0.6 is 11.3 Å². The normalized spacial score (nSPS) is 17.2. The topological polar surface area (TPSA) is 111 Å². The van der Waals surface area contributed by atoms with Crippen molar-refractivity contribution in [1.29, 1.82) is 0 Å². The smallest absolute Gasteiger partial charge is 0.262 e. The average molecular weight is 491 g/mol. The monoisotopic (exact) mass is 490 g/mol. The first kappa shape index (κ1) is 21.9. The Hall–Kier alpha value is -2.96. The second kappa shape index (κ2) is 8.76. The number of sulfonamides is 1. The number of piperazine rings is 1. The van der Waals surface area contributed by atoms with E-state index in [9.17, 15) is 18.0 Å². The zero-order valence-corrected chi connectivity index (χ0v) is 19.3. The molecule has 1 amide bonds. The van der Waals surface area contributed by atoms with Crippen molar-refractivity contribution in [3.8, 4) is 11.5 Å². The standard InChI is InChI=1S/C21H22N4O6S2/c26-19(13-24-14-22-20-16(21(24)27)4-11-32-20)23-5-7-25(8-6-23)33(28,29)15-2-3-17-18(12-15)31-10-1-9-30-17/h2-4,11-12,14H,1,5-10,13H2. The number of carbonyl (C=O) groups excluding carboxylic acids is 1. The molecule has 1 fully saturated rings. The molecule has 33 heavy (non-hydrogen) atoms. The van der Waals surface area contributed by atoms with Crippen LogP contribution in [-0.2, 0) is 21.4 Å². The van der Waals surface area contributed by atoms with Gasteiger partial charge in [-0.15, -0.1) is 11.3 Å². The zero-order chi connectivity index (χ0) is 23.0. The number of carbonyl (C=O) groups is 1. The van der Waals surface area contributed by atoms with Crippen molar-refractivity contribution in [3.63, 3.8) is 0 Å². The van der Waals surface area contributed by atoms with Gasteiger partial charge in [0, 0.05) is 38.7 Å². The Morgan fingerprint density at radius 3 is 2.61 bits per heavy atom. The third kappa shape index (κ3) is 4.21. The lowest BCUT2D eigenvalue weighted by Gasteiger charge is -2.34. The van der Waals surface area contributed by atoms with Gasteiger partial charge in [0.2, 0.25) is 15.9 Å². The number of aromatic nitrogens is 2. The first-order valence-corrected chi connectivity index (χ1v) is 12.9. The van der Waals surface area contributed by atoms with Crippen molar-refractivity contribution >= 4 is 37.5 Å². The van der Waals surface area contributed by atoms with Crippen LogP contribution in [0.4, 0.5) is 0 Å². The van der Waals surface area contributed by atoms with E-state index in [1.54, 1.807) is 22.4 Å². The molecule has 0 atom stereocenters. The maximum atomic E-state index is 13.1. The van der Waals surface area contributed by atoms with Crippen LogP contribution < -0.4 is 15.0 Å². The number of amides is 1. The number of thiophene rings is 1. The molecule has 3 aromatic rings. The van der Waals surface area contributed by atoms with Gasteiger partial charge < -0.3 is 14.4 Å². The molecule has 0 saturated carbocycles. The highest BCUT2D eigenvalue weighted by Gasteiger charge is 2.31. The Kier molecular flexibility index (Phi) is 5.81. The second-order valence-electron chi connectivity index (χ2n) is 7.76. The Bertz CT molecular complexity index is 1360. The van der Waals surface area contributed by atoms with Crippen LogP contribution in [0.15, 0.2) is 45.7 Å². The van der Waals surface area contributed by atoms with Gasteiger partial charge in [0.15, 0.2) is 11.5 Å². The number of hydrogen-bond acceptors (Lipinski definition) is 8. The minimum absolute atomic E-state index is 0.132. The predicted octanol–water partition coefficient (Wildman–Crippen LogP) is 1.15. The minimum atomic E-state index is -3.74. The van der Waals surface area contributed by atoms with Crippen LogP contribution in [-0.4, -0.2) is 72.5 Å². The summed E-state index contributed by atoms with van der Waals surface area (Å²) >= 11 is 1.37. The summed E-state index contributed by atoms with van der Waals surface area (Å²) in [6, 6.07) is 6.32. The van der Waals surface area contributed by atoms with Gasteiger partial charge in [0.25, 0.3) is 5.56 Å². The fraction of sp³-hybridized carbons (Fsp3) is 0.381. The molecule has 0 bridgehead atoms. The van der Waals surface area contributed by atoms with Gasteiger partial charge in [-0.25, -0.2) is 13.4 Å². The largest absolute Gasteiger partial charge is 0.490 e. The summed E-state index contributed by atoms with van der Waals surface area (Å²) in [6.45, 7) is 1.68. The summed E-state index contributed by atoms with van der Waals surface area (Å²) in [5, 5.41) is 2.27. The third-order valence-electron chi connectivity index (χ3n) is 5.70. The first-order valence-electron chi connectivity index (χ1n) is 10.5. The average Bonchev–Trinajstić information content (AvgIpc) is 3.19. The van der Waals surface area contributed by atoms with E-state index in [0.717, 1.165) is 6.42 Å². The summed E-state index contributed by atoms with van der Waals surface area (Å²) in [7, 11) is -3.74. The van der Waals surface area contributed by atoms with E-state index in [4.69, 9.17) is 9.47 Å². The number of ether oxygens (including phenoxy) is 2. The molecule has 10 nitrogen and oxygen atoms in total. The van der Waals surface area contributed by atoms with Crippen LogP contribution in [0.25, 0.3) is 10.2 Å². The molecule has 2 aromatic heterocycles. The Morgan fingerprint density at radius 1 is 1.06 bits per heavy atom. The molecule has 2 aliphatic rings. The van der Waals surface area contributed by atoms with Gasteiger partial charge >= 0.3 is 0 Å². The number of fused-ring (bicyclic) bond motifs is 2. The van der Waals surface area contributed by atoms with E-state index in [0.29, 0.717) is 34.9 Å². The molecule has 174 valence electrons. The summed E-state index contributed by atoms with van der Waals surface area (Å²) in [5.74, 6) is 0.706. The Labute approximate surface area is 194 Å². The van der Waals surface area contributed by atoms with Crippen molar-refractivity contribution in [2.75, 3.05) is 39.4 Å². The summed E-state index contributed by atoms with van der Waals surface area (Å²) < 4.78 is 40.1. The van der Waals surface area contributed by atoms with Crippen LogP contribution in [0.1, 0.15) is 6.42 Å². The number of nitrogens with zero attached hydrogens (tertiary/aromatic N) is 4. The Balaban J connectivity index is 1.25. The lowest BCUT2D eigenvalue weighted by Crippen LogP contribution is -2.51. The molecule has 0 aliphatic carbocycles. The van der Waals surface area contributed by atoms with Gasteiger partial charge in [-0.2, -0.15) is 4.31 Å². The molecule has 0 unspecified atom stereocenters. The Morgan fingerprint density at radius 2 is 1.82 bits per heavy atom. The maximum Gasteiger partial charge on any atom is 0.262 e. The first-order chi connectivity index (χ1) is 15.9. The van der Waals surface area contributed by atoms with Gasteiger partial charge in [-0.05, 0) is 23.6 Å². The van der Waals surface area contributed by atoms with Crippen LogP contribution in [0, 0.1) is 0 Å². The van der Waals surface area contributed by atoms with Crippen molar-refractivity contribution in [2.24, 2.45) is 0 Å². The van der Waals surface area contributed by atoms with Crippen LogP contribution in [0.5, 0.6) is 11.5 Å². The molecule has 2 aliphatic heterocycles. The number of benzene rings is 1. The van der Waals surface area contributed by atoms with E-state index in [1.807, 2.05) is 0 Å². The molecule has 0 spiro atoms. The van der Waals surface area contributed by atoms with Crippen LogP contribution in [0.2, 0.25) is 0 Å². The molecular formula is C21H22N4O6S2. The highest BCUT2D eigenvalue weighted by molar-refractivity contribution is 7.89. The highest BCUT2D eigenvalue weighted by Crippen LogP contribution is 2.33. The second-order valence-corrected chi connectivity index (χ2v) is 10.6.